The van der Waals surface area contributed by atoms with Crippen molar-refractivity contribution in [3.8, 4) is 0 Å². The van der Waals surface area contributed by atoms with Gasteiger partial charge in [-0.2, -0.15) is 0 Å². The number of hydrogen-bond acceptors (Lipinski definition) is 3. The normalized spacial score (nSPS) is 22.2. The fourth-order valence-corrected chi connectivity index (χ4v) is 2.28. The maximum atomic E-state index is 12.1. The number of Topliss-reactive ketones (excluding diaryl/α,β-unsaturated/α-hetero) is 1. The Morgan fingerprint density at radius 1 is 1.39 bits per heavy atom. The molecule has 3 nitrogen and oxygen atoms in total. The zero-order valence-electron chi connectivity index (χ0n) is 10.4. The van der Waals surface area contributed by atoms with Gasteiger partial charge in [0.15, 0.2) is 11.2 Å². The van der Waals surface area contributed by atoms with Gasteiger partial charge in [-0.1, -0.05) is 36.9 Å². The zero-order valence-corrected chi connectivity index (χ0v) is 10.4. The lowest BCUT2D eigenvalue weighted by molar-refractivity contribution is -0.161. The van der Waals surface area contributed by atoms with Crippen LogP contribution in [-0.4, -0.2) is 18.4 Å². The zero-order chi connectivity index (χ0) is 13.2. The van der Waals surface area contributed by atoms with E-state index in [1.54, 1.807) is 6.92 Å². The van der Waals surface area contributed by atoms with E-state index >= 15 is 0 Å². The molecule has 2 rings (SSSR count). The van der Waals surface area contributed by atoms with Crippen LogP contribution < -0.4 is 0 Å². The first-order valence-corrected chi connectivity index (χ1v) is 6.08. The molecule has 1 fully saturated rings. The minimum Gasteiger partial charge on any atom is -0.465 e. The van der Waals surface area contributed by atoms with E-state index in [0.717, 1.165) is 5.56 Å². The van der Waals surface area contributed by atoms with E-state index in [0.29, 0.717) is 18.4 Å². The van der Waals surface area contributed by atoms with Gasteiger partial charge in [0.05, 0.1) is 6.61 Å². The number of benzene rings is 1. The molecular formula is C15H16O3. The second-order valence-corrected chi connectivity index (χ2v) is 4.39. The van der Waals surface area contributed by atoms with Gasteiger partial charge in [0, 0.05) is 6.42 Å². The first-order valence-electron chi connectivity index (χ1n) is 6.08. The van der Waals surface area contributed by atoms with Crippen LogP contribution in [0.4, 0.5) is 0 Å². The number of carbonyl (C=O) groups excluding carboxylic acids is 2. The molecule has 0 aliphatic heterocycles. The fourth-order valence-electron chi connectivity index (χ4n) is 2.28. The van der Waals surface area contributed by atoms with E-state index in [9.17, 15) is 9.59 Å². The lowest BCUT2D eigenvalue weighted by Crippen LogP contribution is -2.49. The van der Waals surface area contributed by atoms with Gasteiger partial charge in [-0.15, -0.1) is 0 Å². The number of esters is 1. The van der Waals surface area contributed by atoms with E-state index in [4.69, 9.17) is 4.74 Å². The molecule has 0 amide bonds. The lowest BCUT2D eigenvalue weighted by Gasteiger charge is -2.39. The van der Waals surface area contributed by atoms with Gasteiger partial charge in [-0.05, 0) is 24.5 Å². The summed E-state index contributed by atoms with van der Waals surface area (Å²) < 4.78 is 5.04. The summed E-state index contributed by atoms with van der Waals surface area (Å²) in [7, 11) is 0. The molecule has 0 saturated heterocycles. The summed E-state index contributed by atoms with van der Waals surface area (Å²) >= 11 is 0. The highest BCUT2D eigenvalue weighted by Crippen LogP contribution is 2.48. The Hall–Kier alpha value is -1.90. The third-order valence-corrected chi connectivity index (χ3v) is 3.46. The van der Waals surface area contributed by atoms with Crippen LogP contribution in [0, 0.1) is 5.41 Å². The van der Waals surface area contributed by atoms with Gasteiger partial charge in [0.1, 0.15) is 0 Å². The highest BCUT2D eigenvalue weighted by atomic mass is 16.5. The Morgan fingerprint density at radius 2 is 2.06 bits per heavy atom. The fraction of sp³-hybridized carbons (Fsp3) is 0.333. The molecule has 1 saturated carbocycles. The number of rotatable bonds is 4. The van der Waals surface area contributed by atoms with Gasteiger partial charge in [-0.3, -0.25) is 9.59 Å². The van der Waals surface area contributed by atoms with E-state index < -0.39 is 11.4 Å². The highest BCUT2D eigenvalue weighted by Gasteiger charge is 2.55. The van der Waals surface area contributed by atoms with Crippen LogP contribution in [0.3, 0.4) is 0 Å². The minimum absolute atomic E-state index is 0.0881. The summed E-state index contributed by atoms with van der Waals surface area (Å²) in [5.74, 6) is -0.551. The van der Waals surface area contributed by atoms with E-state index in [2.05, 4.69) is 6.58 Å². The molecule has 1 aliphatic carbocycles. The lowest BCUT2D eigenvalue weighted by atomic mass is 9.62. The number of hydrogen-bond donors (Lipinski definition) is 0. The van der Waals surface area contributed by atoms with Gasteiger partial charge < -0.3 is 4.74 Å². The summed E-state index contributed by atoms with van der Waals surface area (Å²) in [6, 6.07) is 9.32. The van der Waals surface area contributed by atoms with Crippen LogP contribution >= 0.6 is 0 Å². The Kier molecular flexibility index (Phi) is 3.32. The summed E-state index contributed by atoms with van der Waals surface area (Å²) in [5.41, 5.74) is 0.230. The van der Waals surface area contributed by atoms with Crippen molar-refractivity contribution in [2.45, 2.75) is 19.8 Å². The standard InChI is InChI=1S/C15H16O3/c1-3-18-14(17)15(10-9-13(15)16)11(2)12-7-5-4-6-8-12/h4-8H,2-3,9-10H2,1H3/t15-/m1/s1. The summed E-state index contributed by atoms with van der Waals surface area (Å²) in [5, 5.41) is 0. The first kappa shape index (κ1) is 12.6. The molecule has 0 heterocycles. The second kappa shape index (κ2) is 4.77. The monoisotopic (exact) mass is 244 g/mol. The number of carbonyl (C=O) groups is 2. The average Bonchev–Trinajstić information content (AvgIpc) is 2.38. The topological polar surface area (TPSA) is 43.4 Å². The minimum atomic E-state index is -1.14. The van der Waals surface area contributed by atoms with E-state index in [-0.39, 0.29) is 12.4 Å². The third-order valence-electron chi connectivity index (χ3n) is 3.46. The van der Waals surface area contributed by atoms with Crippen molar-refractivity contribution in [1.82, 2.24) is 0 Å². The largest absolute Gasteiger partial charge is 0.465 e. The predicted octanol–water partition coefficient (Wildman–Crippen LogP) is 2.61. The molecule has 1 aliphatic rings. The maximum Gasteiger partial charge on any atom is 0.324 e. The summed E-state index contributed by atoms with van der Waals surface area (Å²) in [4.78, 5) is 24.0. The van der Waals surface area contributed by atoms with Crippen LogP contribution in [0.1, 0.15) is 25.3 Å². The highest BCUT2D eigenvalue weighted by molar-refractivity contribution is 6.18. The Bertz CT molecular complexity index is 490. The van der Waals surface area contributed by atoms with Crippen LogP contribution in [0.15, 0.2) is 36.9 Å². The van der Waals surface area contributed by atoms with Crippen molar-refractivity contribution in [1.29, 1.82) is 0 Å². The molecule has 0 bridgehead atoms. The molecule has 0 aromatic heterocycles. The van der Waals surface area contributed by atoms with Crippen LogP contribution in [0.25, 0.3) is 5.57 Å². The number of ether oxygens (including phenoxy) is 1. The molecule has 94 valence electrons. The SMILES string of the molecule is C=C(c1ccccc1)[C@]1(C(=O)OCC)CCC1=O. The molecule has 0 radical (unpaired) electrons. The smallest absolute Gasteiger partial charge is 0.324 e. The molecule has 0 unspecified atom stereocenters. The Labute approximate surface area is 106 Å². The van der Waals surface area contributed by atoms with Crippen molar-refractivity contribution in [2.75, 3.05) is 6.61 Å². The third kappa shape index (κ3) is 1.76. The van der Waals surface area contributed by atoms with Gasteiger partial charge in [-0.25, -0.2) is 0 Å². The van der Waals surface area contributed by atoms with Crippen molar-refractivity contribution in [3.05, 3.63) is 42.5 Å². The van der Waals surface area contributed by atoms with E-state index in [1.165, 1.54) is 0 Å². The Balaban J connectivity index is 2.35. The molecule has 0 spiro atoms. The average molecular weight is 244 g/mol. The molecule has 1 aromatic carbocycles. The van der Waals surface area contributed by atoms with Gasteiger partial charge in [0.2, 0.25) is 0 Å². The molecule has 18 heavy (non-hydrogen) atoms. The van der Waals surface area contributed by atoms with Crippen molar-refractivity contribution < 1.29 is 14.3 Å². The van der Waals surface area contributed by atoms with Crippen LogP contribution in [0.5, 0.6) is 0 Å². The van der Waals surface area contributed by atoms with Crippen molar-refractivity contribution >= 4 is 17.3 Å². The van der Waals surface area contributed by atoms with Crippen molar-refractivity contribution in [2.24, 2.45) is 5.41 Å². The number of ketones is 1. The van der Waals surface area contributed by atoms with Crippen LogP contribution in [0.2, 0.25) is 0 Å². The van der Waals surface area contributed by atoms with Gasteiger partial charge in [0.25, 0.3) is 0 Å². The van der Waals surface area contributed by atoms with E-state index in [1.807, 2.05) is 30.3 Å². The molecule has 0 N–H and O–H groups in total. The van der Waals surface area contributed by atoms with Crippen molar-refractivity contribution in [3.63, 3.8) is 0 Å². The molecule has 1 atom stereocenters. The first-order chi connectivity index (χ1) is 8.63. The molecule has 3 heteroatoms. The quantitative estimate of drug-likeness (QED) is 0.604. The summed E-state index contributed by atoms with van der Waals surface area (Å²) in [6.07, 6.45) is 0.920. The molecular weight excluding hydrogens is 228 g/mol. The maximum absolute atomic E-state index is 12.1. The van der Waals surface area contributed by atoms with Crippen LogP contribution in [-0.2, 0) is 14.3 Å². The van der Waals surface area contributed by atoms with Gasteiger partial charge >= 0.3 is 5.97 Å². The molecule has 1 aromatic rings. The second-order valence-electron chi connectivity index (χ2n) is 4.39. The predicted molar refractivity (Wildman–Crippen MR) is 68.8 cm³/mol. The summed E-state index contributed by atoms with van der Waals surface area (Å²) in [6.45, 7) is 5.96. The Morgan fingerprint density at radius 3 is 2.50 bits per heavy atom.